The van der Waals surface area contributed by atoms with Crippen molar-refractivity contribution in [2.75, 3.05) is 0 Å². The van der Waals surface area contributed by atoms with Crippen molar-refractivity contribution >= 4 is 11.6 Å². The van der Waals surface area contributed by atoms with Crippen molar-refractivity contribution in [3.63, 3.8) is 0 Å². The lowest BCUT2D eigenvalue weighted by Crippen LogP contribution is -2.14. The molecule has 0 unspecified atom stereocenters. The maximum absolute atomic E-state index is 5.98. The summed E-state index contributed by atoms with van der Waals surface area (Å²) in [7, 11) is 0. The van der Waals surface area contributed by atoms with Gasteiger partial charge in [-0.05, 0) is 23.8 Å². The van der Waals surface area contributed by atoms with Gasteiger partial charge in [-0.15, -0.1) is 0 Å². The minimum Gasteiger partial charge on any atom is -0.307 e. The first-order chi connectivity index (χ1) is 7.86. The molecule has 16 heavy (non-hydrogen) atoms. The first-order valence-corrected chi connectivity index (χ1v) is 5.30. The van der Waals surface area contributed by atoms with Crippen LogP contribution in [0.15, 0.2) is 36.8 Å². The Labute approximate surface area is 98.7 Å². The van der Waals surface area contributed by atoms with E-state index in [4.69, 9.17) is 11.6 Å². The van der Waals surface area contributed by atoms with Crippen molar-refractivity contribution in [1.29, 1.82) is 0 Å². The van der Waals surface area contributed by atoms with Gasteiger partial charge in [0.05, 0.1) is 10.7 Å². The van der Waals surface area contributed by atoms with E-state index in [1.165, 1.54) is 0 Å². The maximum atomic E-state index is 5.98. The summed E-state index contributed by atoms with van der Waals surface area (Å²) >= 11 is 5.98. The Bertz CT molecular complexity index is 447. The fourth-order valence-corrected chi connectivity index (χ4v) is 1.49. The number of nitrogens with one attached hydrogen (secondary N) is 1. The Morgan fingerprint density at radius 1 is 1.19 bits per heavy atom. The Balaban J connectivity index is 1.87. The second kappa shape index (κ2) is 5.53. The van der Waals surface area contributed by atoms with E-state index in [-0.39, 0.29) is 0 Å². The Hall–Kier alpha value is -1.52. The van der Waals surface area contributed by atoms with E-state index in [1.807, 2.05) is 18.2 Å². The average Bonchev–Trinajstić information content (AvgIpc) is 2.33. The van der Waals surface area contributed by atoms with Crippen LogP contribution < -0.4 is 5.32 Å². The topological polar surface area (TPSA) is 50.7 Å². The van der Waals surface area contributed by atoms with Gasteiger partial charge in [0.25, 0.3) is 0 Å². The standard InChI is InChI=1S/C11H11ClN4/c12-11-8-13-5-3-9(11)6-14-7-10-2-1-4-15-16-10/h1-5,8,14H,6-7H2. The van der Waals surface area contributed by atoms with Gasteiger partial charge in [-0.1, -0.05) is 11.6 Å². The van der Waals surface area contributed by atoms with Crippen molar-refractivity contribution in [1.82, 2.24) is 20.5 Å². The Morgan fingerprint density at radius 3 is 2.88 bits per heavy atom. The highest BCUT2D eigenvalue weighted by molar-refractivity contribution is 6.31. The molecule has 0 aromatic carbocycles. The number of aromatic nitrogens is 3. The molecular formula is C11H11ClN4. The molecule has 5 heteroatoms. The molecule has 0 aliphatic rings. The van der Waals surface area contributed by atoms with E-state index in [0.717, 1.165) is 11.3 Å². The van der Waals surface area contributed by atoms with E-state index in [2.05, 4.69) is 20.5 Å². The average molecular weight is 235 g/mol. The zero-order chi connectivity index (χ0) is 11.2. The number of halogens is 1. The molecule has 0 atom stereocenters. The smallest absolute Gasteiger partial charge is 0.0769 e. The molecule has 0 saturated carbocycles. The van der Waals surface area contributed by atoms with Crippen molar-refractivity contribution in [3.05, 3.63) is 53.1 Å². The minimum atomic E-state index is 0.673. The molecule has 0 radical (unpaired) electrons. The summed E-state index contributed by atoms with van der Waals surface area (Å²) in [5, 5.41) is 11.7. The Morgan fingerprint density at radius 2 is 2.12 bits per heavy atom. The van der Waals surface area contributed by atoms with E-state index in [0.29, 0.717) is 18.1 Å². The van der Waals surface area contributed by atoms with Gasteiger partial charge in [0, 0.05) is 31.7 Å². The van der Waals surface area contributed by atoms with E-state index < -0.39 is 0 Å². The van der Waals surface area contributed by atoms with E-state index >= 15 is 0 Å². The lowest BCUT2D eigenvalue weighted by atomic mass is 10.2. The molecule has 0 aliphatic heterocycles. The van der Waals surface area contributed by atoms with Gasteiger partial charge in [0.2, 0.25) is 0 Å². The fourth-order valence-electron chi connectivity index (χ4n) is 1.30. The molecule has 0 saturated heterocycles. The zero-order valence-electron chi connectivity index (χ0n) is 8.60. The quantitative estimate of drug-likeness (QED) is 0.877. The van der Waals surface area contributed by atoms with Crippen molar-refractivity contribution in [2.24, 2.45) is 0 Å². The van der Waals surface area contributed by atoms with Gasteiger partial charge in [-0.3, -0.25) is 4.98 Å². The summed E-state index contributed by atoms with van der Waals surface area (Å²) in [5.41, 5.74) is 1.94. The molecule has 2 aromatic heterocycles. The first-order valence-electron chi connectivity index (χ1n) is 4.92. The normalized spacial score (nSPS) is 10.3. The highest BCUT2D eigenvalue weighted by atomic mass is 35.5. The lowest BCUT2D eigenvalue weighted by Gasteiger charge is -2.05. The number of rotatable bonds is 4. The third-order valence-corrected chi connectivity index (χ3v) is 2.45. The van der Waals surface area contributed by atoms with Crippen molar-refractivity contribution < 1.29 is 0 Å². The van der Waals surface area contributed by atoms with E-state index in [1.54, 1.807) is 18.6 Å². The fraction of sp³-hybridized carbons (Fsp3) is 0.182. The first kappa shape index (κ1) is 11.0. The Kier molecular flexibility index (Phi) is 3.80. The third kappa shape index (κ3) is 2.98. The van der Waals surface area contributed by atoms with Gasteiger partial charge in [0.15, 0.2) is 0 Å². The van der Waals surface area contributed by atoms with Gasteiger partial charge in [-0.25, -0.2) is 0 Å². The monoisotopic (exact) mass is 234 g/mol. The zero-order valence-corrected chi connectivity index (χ0v) is 9.35. The predicted octanol–water partition coefficient (Wildman–Crippen LogP) is 1.81. The second-order valence-electron chi connectivity index (χ2n) is 3.29. The summed E-state index contributed by atoms with van der Waals surface area (Å²) in [6.07, 6.45) is 5.02. The van der Waals surface area contributed by atoms with Crippen LogP contribution in [-0.2, 0) is 13.1 Å². The number of pyridine rings is 1. The van der Waals surface area contributed by atoms with Crippen LogP contribution in [0.25, 0.3) is 0 Å². The molecule has 0 bridgehead atoms. The second-order valence-corrected chi connectivity index (χ2v) is 3.69. The highest BCUT2D eigenvalue weighted by Crippen LogP contribution is 2.12. The molecule has 0 aliphatic carbocycles. The molecule has 0 spiro atoms. The lowest BCUT2D eigenvalue weighted by molar-refractivity contribution is 0.669. The van der Waals surface area contributed by atoms with Crippen LogP contribution in [0.2, 0.25) is 5.02 Å². The van der Waals surface area contributed by atoms with Crippen LogP contribution >= 0.6 is 11.6 Å². The van der Waals surface area contributed by atoms with Gasteiger partial charge in [0.1, 0.15) is 0 Å². The molecule has 4 nitrogen and oxygen atoms in total. The molecule has 2 rings (SSSR count). The van der Waals surface area contributed by atoms with Crippen LogP contribution in [-0.4, -0.2) is 15.2 Å². The van der Waals surface area contributed by atoms with Crippen molar-refractivity contribution in [2.45, 2.75) is 13.1 Å². The van der Waals surface area contributed by atoms with Crippen LogP contribution in [0.1, 0.15) is 11.3 Å². The van der Waals surface area contributed by atoms with Gasteiger partial charge >= 0.3 is 0 Å². The molecular weight excluding hydrogens is 224 g/mol. The summed E-state index contributed by atoms with van der Waals surface area (Å²) in [5.74, 6) is 0. The van der Waals surface area contributed by atoms with Gasteiger partial charge in [-0.2, -0.15) is 10.2 Å². The molecule has 0 amide bonds. The molecule has 1 N–H and O–H groups in total. The van der Waals surface area contributed by atoms with Crippen molar-refractivity contribution in [3.8, 4) is 0 Å². The summed E-state index contributed by atoms with van der Waals surface area (Å²) in [6, 6.07) is 5.68. The van der Waals surface area contributed by atoms with Crippen LogP contribution in [0.5, 0.6) is 0 Å². The number of nitrogens with zero attached hydrogens (tertiary/aromatic N) is 3. The minimum absolute atomic E-state index is 0.673. The number of hydrogen-bond acceptors (Lipinski definition) is 4. The highest BCUT2D eigenvalue weighted by Gasteiger charge is 1.99. The maximum Gasteiger partial charge on any atom is 0.0769 e. The molecule has 2 heterocycles. The largest absolute Gasteiger partial charge is 0.307 e. The summed E-state index contributed by atoms with van der Waals surface area (Å²) in [4.78, 5) is 3.93. The SMILES string of the molecule is Clc1cnccc1CNCc1cccnn1. The van der Waals surface area contributed by atoms with E-state index in [9.17, 15) is 0 Å². The van der Waals surface area contributed by atoms with Gasteiger partial charge < -0.3 is 5.32 Å². The van der Waals surface area contributed by atoms with Crippen LogP contribution in [0.3, 0.4) is 0 Å². The molecule has 82 valence electrons. The number of hydrogen-bond donors (Lipinski definition) is 1. The molecule has 0 fully saturated rings. The summed E-state index contributed by atoms with van der Waals surface area (Å²) < 4.78 is 0. The molecule has 2 aromatic rings. The third-order valence-electron chi connectivity index (χ3n) is 2.11. The van der Waals surface area contributed by atoms with Crippen LogP contribution in [0.4, 0.5) is 0 Å². The predicted molar refractivity (Wildman–Crippen MR) is 61.8 cm³/mol. The van der Waals surface area contributed by atoms with Crippen LogP contribution in [0, 0.1) is 0 Å². The summed E-state index contributed by atoms with van der Waals surface area (Å²) in [6.45, 7) is 1.37.